The fraction of sp³-hybridized carbons (Fsp3) is 0.458. The summed E-state index contributed by atoms with van der Waals surface area (Å²) in [6.45, 7) is 8.46. The van der Waals surface area contributed by atoms with Gasteiger partial charge >= 0.3 is 0 Å². The van der Waals surface area contributed by atoms with Gasteiger partial charge in [-0.05, 0) is 63.4 Å². The van der Waals surface area contributed by atoms with Gasteiger partial charge in [0.1, 0.15) is 5.82 Å². The molecule has 0 saturated carbocycles. The summed E-state index contributed by atoms with van der Waals surface area (Å²) < 4.78 is 23.4. The number of carbonyl (C=O) groups is 1. The number of hydrogen-bond donors (Lipinski definition) is 0. The van der Waals surface area contributed by atoms with E-state index < -0.39 is 0 Å². The van der Waals surface area contributed by atoms with Crippen LogP contribution >= 0.6 is 11.8 Å². The molecule has 1 unspecified atom stereocenters. The van der Waals surface area contributed by atoms with Gasteiger partial charge in [0.2, 0.25) is 0 Å². The summed E-state index contributed by atoms with van der Waals surface area (Å²) in [7, 11) is 0. The summed E-state index contributed by atoms with van der Waals surface area (Å²) >= 11 is 1.39. The van der Waals surface area contributed by atoms with Crippen molar-refractivity contribution in [3.8, 4) is 11.4 Å². The quantitative estimate of drug-likeness (QED) is 0.332. The number of aryl methyl sites for hydroxylation is 1. The zero-order valence-electron chi connectivity index (χ0n) is 18.8. The highest BCUT2D eigenvalue weighted by Crippen LogP contribution is 2.28. The van der Waals surface area contributed by atoms with Crippen molar-refractivity contribution in [2.75, 3.05) is 12.4 Å². The van der Waals surface area contributed by atoms with Gasteiger partial charge in [-0.25, -0.2) is 4.39 Å². The third kappa shape index (κ3) is 4.81. The van der Waals surface area contributed by atoms with Gasteiger partial charge in [0, 0.05) is 35.7 Å². The van der Waals surface area contributed by atoms with Gasteiger partial charge < -0.3 is 9.30 Å². The van der Waals surface area contributed by atoms with Crippen LogP contribution in [0.4, 0.5) is 4.39 Å². The number of nitrogens with zero attached hydrogens (tertiary/aromatic N) is 4. The molecule has 32 heavy (non-hydrogen) atoms. The summed E-state index contributed by atoms with van der Waals surface area (Å²) in [6.07, 6.45) is 3.13. The zero-order valence-corrected chi connectivity index (χ0v) is 19.6. The molecular weight excluding hydrogens is 427 g/mol. The molecule has 0 bridgehead atoms. The number of ether oxygens (including phenoxy) is 1. The van der Waals surface area contributed by atoms with Crippen LogP contribution in [-0.4, -0.2) is 43.6 Å². The van der Waals surface area contributed by atoms with Crippen LogP contribution in [0.25, 0.3) is 11.4 Å². The Kier molecular flexibility index (Phi) is 7.10. The zero-order chi connectivity index (χ0) is 22.7. The van der Waals surface area contributed by atoms with Crippen molar-refractivity contribution in [3.05, 3.63) is 53.1 Å². The van der Waals surface area contributed by atoms with Gasteiger partial charge in [-0.2, -0.15) is 0 Å². The van der Waals surface area contributed by atoms with Crippen molar-refractivity contribution < 1.29 is 13.9 Å². The van der Waals surface area contributed by atoms with Gasteiger partial charge in [-0.1, -0.05) is 18.7 Å². The number of carbonyl (C=O) groups excluding carboxylic acids is 1. The summed E-state index contributed by atoms with van der Waals surface area (Å²) in [5.41, 5.74) is 3.69. The van der Waals surface area contributed by atoms with Crippen LogP contribution in [0.15, 0.2) is 35.5 Å². The summed E-state index contributed by atoms with van der Waals surface area (Å²) in [4.78, 5) is 13.0. The summed E-state index contributed by atoms with van der Waals surface area (Å²) in [5, 5.41) is 9.41. The highest BCUT2D eigenvalue weighted by atomic mass is 32.2. The minimum absolute atomic E-state index is 0.0838. The molecular formula is C24H29FN4O2S. The SMILES string of the molecule is CCCn1c(C)cc(C(=O)CSc2nnc(-c3ccc(F)cc3)n2CC2CCCO2)c1C. The minimum atomic E-state index is -0.292. The second-order valence-corrected chi connectivity index (χ2v) is 9.15. The van der Waals surface area contributed by atoms with Crippen LogP contribution in [0, 0.1) is 19.7 Å². The number of Topliss-reactive ketones (excluding diaryl/α,β-unsaturated/α-hetero) is 1. The molecule has 6 nitrogen and oxygen atoms in total. The van der Waals surface area contributed by atoms with Crippen molar-refractivity contribution >= 4 is 17.5 Å². The molecule has 1 atom stereocenters. The Hall–Kier alpha value is -2.45. The number of ketones is 1. The first kappa shape index (κ1) is 22.7. The second-order valence-electron chi connectivity index (χ2n) is 8.21. The molecule has 1 aliphatic heterocycles. The molecule has 1 aromatic carbocycles. The van der Waals surface area contributed by atoms with E-state index in [1.165, 1.54) is 23.9 Å². The van der Waals surface area contributed by atoms with Gasteiger partial charge in [-0.15, -0.1) is 10.2 Å². The first-order chi connectivity index (χ1) is 15.5. The smallest absolute Gasteiger partial charge is 0.192 e. The van der Waals surface area contributed by atoms with Crippen LogP contribution in [-0.2, 0) is 17.8 Å². The van der Waals surface area contributed by atoms with E-state index in [9.17, 15) is 9.18 Å². The maximum Gasteiger partial charge on any atom is 0.192 e. The van der Waals surface area contributed by atoms with E-state index in [0.717, 1.165) is 54.9 Å². The highest BCUT2D eigenvalue weighted by Gasteiger charge is 2.23. The van der Waals surface area contributed by atoms with E-state index in [2.05, 4.69) is 21.7 Å². The molecule has 170 valence electrons. The van der Waals surface area contributed by atoms with Crippen LogP contribution in [0.3, 0.4) is 0 Å². The van der Waals surface area contributed by atoms with Gasteiger partial charge in [0.15, 0.2) is 16.8 Å². The predicted octanol–water partition coefficient (Wildman–Crippen LogP) is 5.07. The van der Waals surface area contributed by atoms with Crippen molar-refractivity contribution in [2.45, 2.75) is 64.4 Å². The van der Waals surface area contributed by atoms with Crippen molar-refractivity contribution in [1.82, 2.24) is 19.3 Å². The molecule has 3 aromatic rings. The monoisotopic (exact) mass is 456 g/mol. The number of aromatic nitrogens is 4. The Morgan fingerprint density at radius 3 is 2.69 bits per heavy atom. The van der Waals surface area contributed by atoms with Gasteiger partial charge in [-0.3, -0.25) is 9.36 Å². The average molecular weight is 457 g/mol. The van der Waals surface area contributed by atoms with E-state index in [4.69, 9.17) is 4.74 Å². The molecule has 8 heteroatoms. The third-order valence-electron chi connectivity index (χ3n) is 5.88. The molecule has 0 amide bonds. The number of rotatable bonds is 9. The molecule has 0 N–H and O–H groups in total. The molecule has 0 radical (unpaired) electrons. The lowest BCUT2D eigenvalue weighted by Gasteiger charge is -2.14. The molecule has 3 heterocycles. The maximum atomic E-state index is 13.4. The first-order valence-corrected chi connectivity index (χ1v) is 12.1. The highest BCUT2D eigenvalue weighted by molar-refractivity contribution is 7.99. The van der Waals surface area contributed by atoms with E-state index in [1.54, 1.807) is 12.1 Å². The lowest BCUT2D eigenvalue weighted by Crippen LogP contribution is -2.17. The van der Waals surface area contributed by atoms with Crippen LogP contribution < -0.4 is 0 Å². The van der Waals surface area contributed by atoms with Gasteiger partial charge in [0.05, 0.1) is 18.4 Å². The molecule has 1 fully saturated rings. The number of halogens is 1. The maximum absolute atomic E-state index is 13.4. The molecule has 0 spiro atoms. The Bertz CT molecular complexity index is 1080. The van der Waals surface area contributed by atoms with Crippen LogP contribution in [0.5, 0.6) is 0 Å². The van der Waals surface area contributed by atoms with Crippen LogP contribution in [0.1, 0.15) is 47.9 Å². The average Bonchev–Trinajstić information content (AvgIpc) is 3.50. The lowest BCUT2D eigenvalue weighted by molar-refractivity contribution is 0.0953. The molecule has 1 saturated heterocycles. The Labute approximate surface area is 192 Å². The standard InChI is InChI=1S/C24H29FN4O2S/c1-4-11-28-16(2)13-21(17(28)3)22(30)15-32-24-27-26-23(18-7-9-19(25)10-8-18)29(24)14-20-6-5-12-31-20/h7-10,13,20H,4-6,11-12,14-15H2,1-3H3. The third-order valence-corrected chi connectivity index (χ3v) is 6.85. The Morgan fingerprint density at radius 1 is 1.22 bits per heavy atom. The van der Waals surface area contributed by atoms with E-state index in [0.29, 0.717) is 17.5 Å². The summed E-state index contributed by atoms with van der Waals surface area (Å²) in [5.74, 6) is 0.737. The molecule has 0 aliphatic carbocycles. The fourth-order valence-electron chi connectivity index (χ4n) is 4.22. The van der Waals surface area contributed by atoms with Crippen molar-refractivity contribution in [1.29, 1.82) is 0 Å². The Balaban J connectivity index is 1.56. The Morgan fingerprint density at radius 2 is 2.00 bits per heavy atom. The first-order valence-electron chi connectivity index (χ1n) is 11.1. The van der Waals surface area contributed by atoms with Gasteiger partial charge in [0.25, 0.3) is 0 Å². The topological polar surface area (TPSA) is 61.9 Å². The minimum Gasteiger partial charge on any atom is -0.376 e. The summed E-state index contributed by atoms with van der Waals surface area (Å²) in [6, 6.07) is 8.22. The number of thioether (sulfide) groups is 1. The molecule has 1 aliphatic rings. The van der Waals surface area contributed by atoms with Crippen molar-refractivity contribution in [2.24, 2.45) is 0 Å². The number of hydrogen-bond acceptors (Lipinski definition) is 5. The van der Waals surface area contributed by atoms with Crippen LogP contribution in [0.2, 0.25) is 0 Å². The molecule has 4 rings (SSSR count). The number of benzene rings is 1. The van der Waals surface area contributed by atoms with E-state index >= 15 is 0 Å². The normalized spacial score (nSPS) is 16.1. The fourth-order valence-corrected chi connectivity index (χ4v) is 5.05. The van der Waals surface area contributed by atoms with E-state index in [-0.39, 0.29) is 23.5 Å². The van der Waals surface area contributed by atoms with E-state index in [1.807, 2.05) is 24.5 Å². The van der Waals surface area contributed by atoms with Crippen molar-refractivity contribution in [3.63, 3.8) is 0 Å². The second kappa shape index (κ2) is 10.0. The largest absolute Gasteiger partial charge is 0.376 e. The predicted molar refractivity (Wildman–Crippen MR) is 124 cm³/mol. The molecule has 2 aromatic heterocycles. The lowest BCUT2D eigenvalue weighted by atomic mass is 10.2.